The fourth-order valence-corrected chi connectivity index (χ4v) is 1.83. The number of carbonyl (C=O) groups is 2. The molecule has 0 unspecified atom stereocenters. The Kier molecular flexibility index (Phi) is 3.69. The Hall–Kier alpha value is -2.10. The Morgan fingerprint density at radius 1 is 1.26 bits per heavy atom. The summed E-state index contributed by atoms with van der Waals surface area (Å²) in [5.74, 6) is -0.283. The van der Waals surface area contributed by atoms with Crippen LogP contribution in [0.3, 0.4) is 0 Å². The highest BCUT2D eigenvalue weighted by atomic mass is 16.2. The molecular formula is C15H18N2O2. The number of amides is 1. The summed E-state index contributed by atoms with van der Waals surface area (Å²) in [6.07, 6.45) is 0. The maximum atomic E-state index is 11.9. The maximum absolute atomic E-state index is 11.9. The second kappa shape index (κ2) is 5.26. The predicted octanol–water partition coefficient (Wildman–Crippen LogP) is 2.43. The fourth-order valence-electron chi connectivity index (χ4n) is 1.83. The van der Waals surface area contributed by atoms with Gasteiger partial charge in [-0.15, -0.1) is 0 Å². The van der Waals surface area contributed by atoms with E-state index in [-0.39, 0.29) is 24.2 Å². The Morgan fingerprint density at radius 3 is 2.68 bits per heavy atom. The summed E-state index contributed by atoms with van der Waals surface area (Å²) < 4.78 is 0. The van der Waals surface area contributed by atoms with Crippen molar-refractivity contribution in [1.82, 2.24) is 10.3 Å². The summed E-state index contributed by atoms with van der Waals surface area (Å²) in [7, 11) is 0. The normalized spacial score (nSPS) is 10.9. The number of rotatable bonds is 4. The monoisotopic (exact) mass is 258 g/mol. The van der Waals surface area contributed by atoms with Crippen molar-refractivity contribution >= 4 is 22.6 Å². The van der Waals surface area contributed by atoms with Gasteiger partial charge in [0.25, 0.3) is 5.91 Å². The van der Waals surface area contributed by atoms with Crippen LogP contribution in [0, 0.1) is 12.8 Å². The second-order valence-electron chi connectivity index (χ2n) is 5.08. The number of hydrogen-bond acceptors (Lipinski definition) is 2. The molecule has 0 aliphatic carbocycles. The minimum atomic E-state index is -0.247. The number of aryl methyl sites for hydroxylation is 1. The molecule has 0 spiro atoms. The predicted molar refractivity (Wildman–Crippen MR) is 75.2 cm³/mol. The molecule has 1 aromatic carbocycles. The van der Waals surface area contributed by atoms with Gasteiger partial charge in [0.1, 0.15) is 5.69 Å². The second-order valence-corrected chi connectivity index (χ2v) is 5.08. The highest BCUT2D eigenvalue weighted by molar-refractivity contribution is 5.99. The van der Waals surface area contributed by atoms with Crippen LogP contribution in [0.5, 0.6) is 0 Å². The minimum absolute atomic E-state index is 0.0281. The number of Topliss-reactive ketones (excluding diaryl/α,β-unsaturated/α-hetero) is 1. The van der Waals surface area contributed by atoms with E-state index in [2.05, 4.69) is 10.3 Å². The summed E-state index contributed by atoms with van der Waals surface area (Å²) in [5, 5.41) is 3.63. The quantitative estimate of drug-likeness (QED) is 0.884. The molecule has 4 nitrogen and oxygen atoms in total. The van der Waals surface area contributed by atoms with Crippen LogP contribution in [-0.4, -0.2) is 23.2 Å². The number of carbonyl (C=O) groups excluding carboxylic acids is 2. The van der Waals surface area contributed by atoms with E-state index in [1.165, 1.54) is 0 Å². The third-order valence-electron chi connectivity index (χ3n) is 3.09. The number of benzene rings is 1. The van der Waals surface area contributed by atoms with Gasteiger partial charge in [-0.05, 0) is 24.6 Å². The van der Waals surface area contributed by atoms with Crippen LogP contribution in [0.1, 0.15) is 29.9 Å². The van der Waals surface area contributed by atoms with Crippen molar-refractivity contribution in [2.24, 2.45) is 5.92 Å². The van der Waals surface area contributed by atoms with Gasteiger partial charge in [0.05, 0.1) is 6.54 Å². The Balaban J connectivity index is 2.11. The van der Waals surface area contributed by atoms with E-state index in [0.29, 0.717) is 5.69 Å². The highest BCUT2D eigenvalue weighted by Crippen LogP contribution is 2.16. The molecule has 2 aromatic rings. The Bertz CT molecular complexity index is 626. The van der Waals surface area contributed by atoms with E-state index in [0.717, 1.165) is 16.5 Å². The molecule has 100 valence electrons. The smallest absolute Gasteiger partial charge is 0.268 e. The van der Waals surface area contributed by atoms with Crippen molar-refractivity contribution in [2.75, 3.05) is 6.54 Å². The lowest BCUT2D eigenvalue weighted by Crippen LogP contribution is -2.31. The molecule has 0 saturated carbocycles. The first kappa shape index (κ1) is 13.3. The molecule has 0 atom stereocenters. The van der Waals surface area contributed by atoms with E-state index in [9.17, 15) is 9.59 Å². The van der Waals surface area contributed by atoms with E-state index < -0.39 is 0 Å². The molecule has 1 amide bonds. The molecular weight excluding hydrogens is 240 g/mol. The third-order valence-corrected chi connectivity index (χ3v) is 3.09. The first-order chi connectivity index (χ1) is 8.97. The van der Waals surface area contributed by atoms with E-state index in [1.54, 1.807) is 6.07 Å². The van der Waals surface area contributed by atoms with Crippen LogP contribution < -0.4 is 5.32 Å². The molecule has 1 heterocycles. The number of hydrogen-bond donors (Lipinski definition) is 2. The molecule has 0 aliphatic heterocycles. The summed E-state index contributed by atoms with van der Waals surface area (Å²) in [5.41, 5.74) is 2.55. The van der Waals surface area contributed by atoms with Gasteiger partial charge in [-0.2, -0.15) is 0 Å². The van der Waals surface area contributed by atoms with Gasteiger partial charge in [0.15, 0.2) is 5.78 Å². The lowest BCUT2D eigenvalue weighted by Gasteiger charge is -2.05. The van der Waals surface area contributed by atoms with Crippen molar-refractivity contribution < 1.29 is 9.59 Å². The number of aromatic amines is 1. The minimum Gasteiger partial charge on any atom is -0.351 e. The number of ketones is 1. The summed E-state index contributed by atoms with van der Waals surface area (Å²) in [4.78, 5) is 26.5. The number of fused-ring (bicyclic) bond motifs is 1. The van der Waals surface area contributed by atoms with Crippen molar-refractivity contribution in [3.8, 4) is 0 Å². The molecule has 2 N–H and O–H groups in total. The molecule has 4 heteroatoms. The van der Waals surface area contributed by atoms with Crippen molar-refractivity contribution in [3.05, 3.63) is 35.5 Å². The lowest BCUT2D eigenvalue weighted by atomic mass is 10.1. The van der Waals surface area contributed by atoms with Gasteiger partial charge >= 0.3 is 0 Å². The van der Waals surface area contributed by atoms with Crippen molar-refractivity contribution in [3.63, 3.8) is 0 Å². The van der Waals surface area contributed by atoms with Gasteiger partial charge in [-0.25, -0.2) is 0 Å². The van der Waals surface area contributed by atoms with Crippen molar-refractivity contribution in [1.29, 1.82) is 0 Å². The molecule has 0 fully saturated rings. The van der Waals surface area contributed by atoms with Crippen LogP contribution in [-0.2, 0) is 4.79 Å². The van der Waals surface area contributed by atoms with Crippen LogP contribution in [0.2, 0.25) is 0 Å². The molecule has 19 heavy (non-hydrogen) atoms. The molecule has 0 aliphatic rings. The molecule has 1 aromatic heterocycles. The third kappa shape index (κ3) is 3.02. The van der Waals surface area contributed by atoms with Crippen LogP contribution >= 0.6 is 0 Å². The summed E-state index contributed by atoms with van der Waals surface area (Å²) >= 11 is 0. The zero-order chi connectivity index (χ0) is 14.0. The summed E-state index contributed by atoms with van der Waals surface area (Å²) in [6.45, 7) is 5.71. The van der Waals surface area contributed by atoms with Gasteiger partial charge in [-0.1, -0.05) is 26.0 Å². The molecule has 0 radical (unpaired) electrons. The van der Waals surface area contributed by atoms with Gasteiger partial charge in [-0.3, -0.25) is 9.59 Å². The number of nitrogens with one attached hydrogen (secondary N) is 2. The number of H-pyrrole nitrogens is 1. The standard InChI is InChI=1S/C15H18N2O2/c1-9(2)14(18)8-16-15(19)13-7-11-5-4-10(3)6-12(11)17-13/h4-7,9,17H,8H2,1-3H3,(H,16,19). The van der Waals surface area contributed by atoms with Crippen LogP contribution in [0.15, 0.2) is 24.3 Å². The first-order valence-corrected chi connectivity index (χ1v) is 6.37. The highest BCUT2D eigenvalue weighted by Gasteiger charge is 2.12. The molecule has 0 bridgehead atoms. The largest absolute Gasteiger partial charge is 0.351 e. The van der Waals surface area contributed by atoms with Crippen molar-refractivity contribution in [2.45, 2.75) is 20.8 Å². The molecule has 0 saturated heterocycles. The van der Waals surface area contributed by atoms with Crippen LogP contribution in [0.4, 0.5) is 0 Å². The summed E-state index contributed by atoms with van der Waals surface area (Å²) in [6, 6.07) is 7.76. The lowest BCUT2D eigenvalue weighted by molar-refractivity contribution is -0.120. The SMILES string of the molecule is Cc1ccc2cc(C(=O)NCC(=O)C(C)C)[nH]c2c1. The van der Waals surface area contributed by atoms with E-state index in [4.69, 9.17) is 0 Å². The first-order valence-electron chi connectivity index (χ1n) is 6.37. The van der Waals surface area contributed by atoms with Gasteiger partial charge in [0, 0.05) is 16.8 Å². The average Bonchev–Trinajstić information content (AvgIpc) is 2.78. The Labute approximate surface area is 112 Å². The molecule has 2 rings (SSSR count). The average molecular weight is 258 g/mol. The van der Waals surface area contributed by atoms with Gasteiger partial charge < -0.3 is 10.3 Å². The van der Waals surface area contributed by atoms with E-state index >= 15 is 0 Å². The maximum Gasteiger partial charge on any atom is 0.268 e. The zero-order valence-electron chi connectivity index (χ0n) is 11.4. The zero-order valence-corrected chi connectivity index (χ0v) is 11.4. The fraction of sp³-hybridized carbons (Fsp3) is 0.333. The number of aromatic nitrogens is 1. The van der Waals surface area contributed by atoms with Gasteiger partial charge in [0.2, 0.25) is 0 Å². The van der Waals surface area contributed by atoms with Crippen LogP contribution in [0.25, 0.3) is 10.9 Å². The van der Waals surface area contributed by atoms with E-state index in [1.807, 2.05) is 39.0 Å². The topological polar surface area (TPSA) is 62.0 Å². The Morgan fingerprint density at radius 2 is 2.00 bits per heavy atom.